The fourth-order valence-corrected chi connectivity index (χ4v) is 4.98. The van der Waals surface area contributed by atoms with E-state index in [2.05, 4.69) is 9.62 Å². The number of hydrogen-bond donors (Lipinski definition) is 1. The molecule has 1 N–H and O–H groups in total. The molecule has 0 aliphatic carbocycles. The molecule has 0 amide bonds. The number of halogens is 2. The summed E-state index contributed by atoms with van der Waals surface area (Å²) in [6, 6.07) is 6.75. The molecule has 1 aliphatic heterocycles. The molecule has 0 radical (unpaired) electrons. The predicted molar refractivity (Wildman–Crippen MR) is 89.4 cm³/mol. The fraction of sp³-hybridized carbons (Fsp3) is 0.375. The number of hydrogen-bond acceptors (Lipinski definition) is 4. The molecule has 1 atom stereocenters. The van der Waals surface area contributed by atoms with Gasteiger partial charge in [0.15, 0.2) is 4.90 Å². The molecule has 1 aromatic carbocycles. The van der Waals surface area contributed by atoms with E-state index in [1.807, 2.05) is 17.5 Å². The summed E-state index contributed by atoms with van der Waals surface area (Å²) in [7, 11) is -4.26. The van der Waals surface area contributed by atoms with Gasteiger partial charge in [0.25, 0.3) is 0 Å². The molecule has 1 saturated heterocycles. The molecule has 1 aromatic heterocycles. The van der Waals surface area contributed by atoms with E-state index in [1.54, 1.807) is 11.3 Å². The van der Waals surface area contributed by atoms with Gasteiger partial charge in [0, 0.05) is 11.4 Å². The lowest BCUT2D eigenvalue weighted by atomic mass is 10.2. The molecule has 8 heteroatoms. The summed E-state index contributed by atoms with van der Waals surface area (Å²) >= 11 is 1.55. The van der Waals surface area contributed by atoms with E-state index in [1.165, 1.54) is 0 Å². The molecule has 1 unspecified atom stereocenters. The second-order valence-electron chi connectivity index (χ2n) is 5.68. The van der Waals surface area contributed by atoms with Crippen LogP contribution in [-0.4, -0.2) is 33.0 Å². The average molecular weight is 372 g/mol. The van der Waals surface area contributed by atoms with Gasteiger partial charge in [0.2, 0.25) is 10.0 Å². The van der Waals surface area contributed by atoms with Gasteiger partial charge >= 0.3 is 0 Å². The topological polar surface area (TPSA) is 49.4 Å². The smallest absolute Gasteiger partial charge is 0.246 e. The minimum absolute atomic E-state index is 0.0800. The van der Waals surface area contributed by atoms with E-state index < -0.39 is 26.6 Å². The molecule has 1 aliphatic rings. The van der Waals surface area contributed by atoms with Crippen LogP contribution in [0.2, 0.25) is 0 Å². The highest BCUT2D eigenvalue weighted by Crippen LogP contribution is 2.28. The highest BCUT2D eigenvalue weighted by molar-refractivity contribution is 7.89. The predicted octanol–water partition coefficient (Wildman–Crippen LogP) is 3.14. The SMILES string of the molecule is O=S(=O)(NCC(c1cccs1)N1CCCC1)c1c(F)cccc1F. The van der Waals surface area contributed by atoms with Crippen LogP contribution in [0.15, 0.2) is 40.6 Å². The zero-order valence-corrected chi connectivity index (χ0v) is 14.5. The van der Waals surface area contributed by atoms with Crippen molar-refractivity contribution >= 4 is 21.4 Å². The van der Waals surface area contributed by atoms with Crippen LogP contribution in [0.25, 0.3) is 0 Å². The third-order valence-electron chi connectivity index (χ3n) is 4.11. The first-order valence-corrected chi connectivity index (χ1v) is 10.1. The Morgan fingerprint density at radius 2 is 1.79 bits per heavy atom. The molecule has 130 valence electrons. The summed E-state index contributed by atoms with van der Waals surface area (Å²) < 4.78 is 54.6. The molecule has 0 spiro atoms. The third kappa shape index (κ3) is 3.66. The number of rotatable bonds is 6. The van der Waals surface area contributed by atoms with Crippen LogP contribution in [0.3, 0.4) is 0 Å². The molecule has 0 bridgehead atoms. The van der Waals surface area contributed by atoms with Gasteiger partial charge in [-0.25, -0.2) is 21.9 Å². The van der Waals surface area contributed by atoms with Crippen LogP contribution in [0, 0.1) is 11.6 Å². The lowest BCUT2D eigenvalue weighted by molar-refractivity contribution is 0.250. The van der Waals surface area contributed by atoms with Crippen molar-refractivity contribution in [2.24, 2.45) is 0 Å². The molecule has 24 heavy (non-hydrogen) atoms. The number of sulfonamides is 1. The number of benzene rings is 1. The van der Waals surface area contributed by atoms with Crippen LogP contribution < -0.4 is 4.72 Å². The Kier molecular flexibility index (Phi) is 5.29. The summed E-state index contributed by atoms with van der Waals surface area (Å²) in [4.78, 5) is 2.32. The lowest BCUT2D eigenvalue weighted by Gasteiger charge is -2.26. The van der Waals surface area contributed by atoms with Crippen molar-refractivity contribution in [1.29, 1.82) is 0 Å². The van der Waals surface area contributed by atoms with Gasteiger partial charge in [0.05, 0.1) is 6.04 Å². The molecule has 2 aromatic rings. The highest BCUT2D eigenvalue weighted by Gasteiger charge is 2.28. The van der Waals surface area contributed by atoms with Crippen molar-refractivity contribution in [2.75, 3.05) is 19.6 Å². The summed E-state index contributed by atoms with van der Waals surface area (Å²) in [6.07, 6.45) is 2.13. The minimum Gasteiger partial charge on any atom is -0.294 e. The van der Waals surface area contributed by atoms with Crippen LogP contribution in [-0.2, 0) is 10.0 Å². The normalized spacial score (nSPS) is 17.2. The molecule has 4 nitrogen and oxygen atoms in total. The zero-order chi connectivity index (χ0) is 17.2. The first-order valence-electron chi connectivity index (χ1n) is 7.70. The average Bonchev–Trinajstić information content (AvgIpc) is 3.20. The van der Waals surface area contributed by atoms with E-state index in [4.69, 9.17) is 0 Å². The van der Waals surface area contributed by atoms with Crippen molar-refractivity contribution in [1.82, 2.24) is 9.62 Å². The van der Waals surface area contributed by atoms with Crippen LogP contribution >= 0.6 is 11.3 Å². The summed E-state index contributed by atoms with van der Waals surface area (Å²) in [5.74, 6) is -2.17. The number of likely N-dealkylation sites (tertiary alicyclic amines) is 1. The van der Waals surface area contributed by atoms with Gasteiger partial charge in [-0.15, -0.1) is 11.3 Å². The Bertz CT molecular complexity index is 768. The first kappa shape index (κ1) is 17.5. The van der Waals surface area contributed by atoms with Gasteiger partial charge in [-0.3, -0.25) is 4.90 Å². The van der Waals surface area contributed by atoms with Gasteiger partial charge < -0.3 is 0 Å². The Balaban J connectivity index is 1.81. The van der Waals surface area contributed by atoms with E-state index in [0.29, 0.717) is 0 Å². The molecule has 2 heterocycles. The second-order valence-corrected chi connectivity index (χ2v) is 8.36. The second kappa shape index (κ2) is 7.26. The summed E-state index contributed by atoms with van der Waals surface area (Å²) in [5.41, 5.74) is 0. The minimum atomic E-state index is -4.26. The monoisotopic (exact) mass is 372 g/mol. The maximum atomic E-state index is 13.8. The largest absolute Gasteiger partial charge is 0.294 e. The van der Waals surface area contributed by atoms with E-state index in [-0.39, 0.29) is 12.6 Å². The Hall–Kier alpha value is -1.35. The summed E-state index contributed by atoms with van der Waals surface area (Å²) in [5, 5.41) is 1.93. The third-order valence-corrected chi connectivity index (χ3v) is 6.56. The highest BCUT2D eigenvalue weighted by atomic mass is 32.2. The van der Waals surface area contributed by atoms with E-state index in [9.17, 15) is 17.2 Å². The van der Waals surface area contributed by atoms with Crippen molar-refractivity contribution < 1.29 is 17.2 Å². The maximum Gasteiger partial charge on any atom is 0.246 e. The first-order chi connectivity index (χ1) is 11.5. The van der Waals surface area contributed by atoms with E-state index >= 15 is 0 Å². The molecular weight excluding hydrogens is 354 g/mol. The van der Waals surface area contributed by atoms with Gasteiger partial charge in [0.1, 0.15) is 11.6 Å². The van der Waals surface area contributed by atoms with Crippen molar-refractivity contribution in [3.05, 3.63) is 52.2 Å². The van der Waals surface area contributed by atoms with Crippen molar-refractivity contribution in [3.8, 4) is 0 Å². The van der Waals surface area contributed by atoms with Crippen LogP contribution in [0.4, 0.5) is 8.78 Å². The maximum absolute atomic E-state index is 13.8. The number of nitrogens with zero attached hydrogens (tertiary/aromatic N) is 1. The molecular formula is C16H18F2N2O2S2. The number of thiophene rings is 1. The zero-order valence-electron chi connectivity index (χ0n) is 12.9. The van der Waals surface area contributed by atoms with Gasteiger partial charge in [-0.05, 0) is 49.5 Å². The Morgan fingerprint density at radius 1 is 1.12 bits per heavy atom. The Labute approximate surface area is 144 Å². The quantitative estimate of drug-likeness (QED) is 0.848. The van der Waals surface area contributed by atoms with Gasteiger partial charge in [-0.2, -0.15) is 0 Å². The van der Waals surface area contributed by atoms with Crippen molar-refractivity contribution in [3.63, 3.8) is 0 Å². The Morgan fingerprint density at radius 3 is 2.38 bits per heavy atom. The fourth-order valence-electron chi connectivity index (χ4n) is 2.94. The lowest BCUT2D eigenvalue weighted by Crippen LogP contribution is -2.37. The molecule has 0 saturated carbocycles. The van der Waals surface area contributed by atoms with E-state index in [0.717, 1.165) is 49.0 Å². The summed E-state index contributed by atoms with van der Waals surface area (Å²) in [6.45, 7) is 1.85. The van der Waals surface area contributed by atoms with Crippen LogP contribution in [0.1, 0.15) is 23.8 Å². The van der Waals surface area contributed by atoms with Gasteiger partial charge in [-0.1, -0.05) is 12.1 Å². The van der Waals surface area contributed by atoms with Crippen LogP contribution in [0.5, 0.6) is 0 Å². The molecule has 1 fully saturated rings. The number of nitrogens with one attached hydrogen (secondary N) is 1. The standard InChI is InChI=1S/C16H18F2N2O2S2/c17-12-5-3-6-13(18)16(12)24(21,22)19-11-14(15-7-4-10-23-15)20-8-1-2-9-20/h3-7,10,14,19H,1-2,8-9,11H2. The molecule has 3 rings (SSSR count). The van der Waals surface area contributed by atoms with Crippen molar-refractivity contribution in [2.45, 2.75) is 23.8 Å².